The van der Waals surface area contributed by atoms with E-state index in [1.807, 2.05) is 19.0 Å². The Morgan fingerprint density at radius 1 is 1.17 bits per heavy atom. The van der Waals surface area contributed by atoms with Crippen LogP contribution in [0, 0.1) is 17.3 Å². The summed E-state index contributed by atoms with van der Waals surface area (Å²) in [5.41, 5.74) is -0.0645. The molecule has 1 aliphatic carbocycles. The molecule has 5 nitrogen and oxygen atoms in total. The van der Waals surface area contributed by atoms with Gasteiger partial charge in [0.1, 0.15) is 0 Å². The van der Waals surface area contributed by atoms with Crippen molar-refractivity contribution in [2.45, 2.75) is 44.9 Å². The molecule has 5 heteroatoms. The number of amides is 2. The summed E-state index contributed by atoms with van der Waals surface area (Å²) in [6, 6.07) is 0. The van der Waals surface area contributed by atoms with Gasteiger partial charge in [-0.2, -0.15) is 0 Å². The summed E-state index contributed by atoms with van der Waals surface area (Å²) in [7, 11) is 3.64. The molecule has 0 N–H and O–H groups in total. The molecule has 3 fully saturated rings. The van der Waals surface area contributed by atoms with Crippen LogP contribution >= 0.6 is 0 Å². The van der Waals surface area contributed by atoms with Crippen molar-refractivity contribution in [2.24, 2.45) is 17.3 Å². The lowest BCUT2D eigenvalue weighted by molar-refractivity contribution is -0.138. The van der Waals surface area contributed by atoms with Crippen molar-refractivity contribution in [1.82, 2.24) is 9.80 Å². The van der Waals surface area contributed by atoms with E-state index in [-0.39, 0.29) is 23.1 Å². The van der Waals surface area contributed by atoms with Crippen molar-refractivity contribution in [3.63, 3.8) is 0 Å². The van der Waals surface area contributed by atoms with E-state index in [0.717, 1.165) is 19.4 Å². The first-order valence-electron chi connectivity index (χ1n) is 9.08. The predicted octanol–water partition coefficient (Wildman–Crippen LogP) is 1.91. The third-order valence-electron chi connectivity index (χ3n) is 6.17. The molecule has 1 saturated carbocycles. The lowest BCUT2D eigenvalue weighted by Crippen LogP contribution is -2.44. The Balaban J connectivity index is 1.71. The smallest absolute Gasteiger partial charge is 0.227 e. The second-order valence-corrected chi connectivity index (χ2v) is 7.89. The van der Waals surface area contributed by atoms with Gasteiger partial charge in [-0.1, -0.05) is 12.8 Å². The normalized spacial score (nSPS) is 27.6. The Morgan fingerprint density at radius 3 is 2.43 bits per heavy atom. The topological polar surface area (TPSA) is 49.9 Å². The standard InChI is InChI=1S/C18H30N2O3/c1-19(2)17(22)15-12-20(13-18(15)7-9-23-10-8-18)16(21)11-14-5-3-4-6-14/h14-15H,3-13H2,1-2H3. The summed E-state index contributed by atoms with van der Waals surface area (Å²) in [4.78, 5) is 29.1. The van der Waals surface area contributed by atoms with Crippen molar-refractivity contribution in [2.75, 3.05) is 40.4 Å². The Hall–Kier alpha value is -1.10. The third-order valence-corrected chi connectivity index (χ3v) is 6.17. The Morgan fingerprint density at radius 2 is 1.83 bits per heavy atom. The van der Waals surface area contributed by atoms with Gasteiger partial charge in [-0.3, -0.25) is 9.59 Å². The van der Waals surface area contributed by atoms with E-state index in [9.17, 15) is 9.59 Å². The maximum absolute atomic E-state index is 12.7. The summed E-state index contributed by atoms with van der Waals surface area (Å²) >= 11 is 0. The summed E-state index contributed by atoms with van der Waals surface area (Å²) in [6.07, 6.45) is 7.38. The van der Waals surface area contributed by atoms with Crippen LogP contribution < -0.4 is 0 Å². The SMILES string of the molecule is CN(C)C(=O)C1CN(C(=O)CC2CCCC2)CC12CCOCC2. The molecule has 0 aromatic heterocycles. The monoisotopic (exact) mass is 322 g/mol. The van der Waals surface area contributed by atoms with E-state index in [1.54, 1.807) is 4.90 Å². The number of carbonyl (C=O) groups excluding carboxylic acids is 2. The van der Waals surface area contributed by atoms with E-state index < -0.39 is 0 Å². The number of likely N-dealkylation sites (tertiary alicyclic amines) is 1. The molecule has 3 aliphatic rings. The van der Waals surface area contributed by atoms with Crippen LogP contribution in [-0.4, -0.2) is 62.0 Å². The molecule has 0 aromatic rings. The molecule has 1 atom stereocenters. The summed E-state index contributed by atoms with van der Waals surface area (Å²) in [5, 5.41) is 0. The summed E-state index contributed by atoms with van der Waals surface area (Å²) in [6.45, 7) is 2.76. The van der Waals surface area contributed by atoms with Crippen molar-refractivity contribution in [1.29, 1.82) is 0 Å². The van der Waals surface area contributed by atoms with Crippen LogP contribution in [0.3, 0.4) is 0 Å². The zero-order chi connectivity index (χ0) is 16.4. The first kappa shape index (κ1) is 16.7. The highest BCUT2D eigenvalue weighted by Crippen LogP contribution is 2.45. The second kappa shape index (κ2) is 6.80. The Bertz CT molecular complexity index is 451. The molecule has 23 heavy (non-hydrogen) atoms. The van der Waals surface area contributed by atoms with E-state index in [4.69, 9.17) is 4.74 Å². The molecule has 3 rings (SSSR count). The van der Waals surface area contributed by atoms with Gasteiger partial charge in [0.25, 0.3) is 0 Å². The van der Waals surface area contributed by atoms with Gasteiger partial charge in [0, 0.05) is 52.2 Å². The minimum absolute atomic E-state index is 0.0612. The van der Waals surface area contributed by atoms with Crippen LogP contribution in [0.2, 0.25) is 0 Å². The van der Waals surface area contributed by atoms with Crippen LogP contribution in [0.5, 0.6) is 0 Å². The highest BCUT2D eigenvalue weighted by atomic mass is 16.5. The Labute approximate surface area is 139 Å². The van der Waals surface area contributed by atoms with Gasteiger partial charge in [-0.05, 0) is 31.6 Å². The molecule has 1 spiro atoms. The van der Waals surface area contributed by atoms with E-state index in [2.05, 4.69) is 0 Å². The largest absolute Gasteiger partial charge is 0.381 e. The Kier molecular flexibility index (Phi) is 4.95. The van der Waals surface area contributed by atoms with Gasteiger partial charge in [0.15, 0.2) is 0 Å². The fourth-order valence-electron chi connectivity index (χ4n) is 4.69. The van der Waals surface area contributed by atoms with Crippen LogP contribution in [0.1, 0.15) is 44.9 Å². The zero-order valence-corrected chi connectivity index (χ0v) is 14.6. The van der Waals surface area contributed by atoms with Crippen molar-refractivity contribution in [3.8, 4) is 0 Å². The molecule has 0 radical (unpaired) electrons. The number of hydrogen-bond donors (Lipinski definition) is 0. The number of ether oxygens (including phenoxy) is 1. The molecule has 0 bridgehead atoms. The molecule has 1 unspecified atom stereocenters. The highest BCUT2D eigenvalue weighted by molar-refractivity contribution is 5.83. The highest BCUT2D eigenvalue weighted by Gasteiger charge is 2.52. The van der Waals surface area contributed by atoms with Gasteiger partial charge < -0.3 is 14.5 Å². The molecular weight excluding hydrogens is 292 g/mol. The fraction of sp³-hybridized carbons (Fsp3) is 0.889. The van der Waals surface area contributed by atoms with Gasteiger partial charge in [-0.25, -0.2) is 0 Å². The zero-order valence-electron chi connectivity index (χ0n) is 14.6. The van der Waals surface area contributed by atoms with Crippen LogP contribution in [0.25, 0.3) is 0 Å². The van der Waals surface area contributed by atoms with Crippen molar-refractivity contribution >= 4 is 11.8 Å². The summed E-state index contributed by atoms with van der Waals surface area (Å²) in [5.74, 6) is 0.936. The van der Waals surface area contributed by atoms with E-state index in [1.165, 1.54) is 25.7 Å². The average Bonchev–Trinajstić information content (AvgIpc) is 3.15. The minimum Gasteiger partial charge on any atom is -0.381 e. The first-order chi connectivity index (χ1) is 11.0. The maximum atomic E-state index is 12.7. The lowest BCUT2D eigenvalue weighted by Gasteiger charge is -2.38. The number of hydrogen-bond acceptors (Lipinski definition) is 3. The van der Waals surface area contributed by atoms with Crippen molar-refractivity contribution < 1.29 is 14.3 Å². The molecular formula is C18H30N2O3. The first-order valence-corrected chi connectivity index (χ1v) is 9.08. The van der Waals surface area contributed by atoms with E-state index >= 15 is 0 Å². The molecule has 2 aliphatic heterocycles. The molecule has 2 heterocycles. The lowest BCUT2D eigenvalue weighted by atomic mass is 9.71. The van der Waals surface area contributed by atoms with Gasteiger partial charge in [0.05, 0.1) is 5.92 Å². The van der Waals surface area contributed by atoms with Crippen LogP contribution in [-0.2, 0) is 14.3 Å². The minimum atomic E-state index is -0.0645. The number of carbonyl (C=O) groups is 2. The van der Waals surface area contributed by atoms with Crippen LogP contribution in [0.4, 0.5) is 0 Å². The van der Waals surface area contributed by atoms with Crippen LogP contribution in [0.15, 0.2) is 0 Å². The molecule has 130 valence electrons. The predicted molar refractivity (Wildman–Crippen MR) is 87.8 cm³/mol. The fourth-order valence-corrected chi connectivity index (χ4v) is 4.69. The molecule has 2 amide bonds. The summed E-state index contributed by atoms with van der Waals surface area (Å²) < 4.78 is 5.52. The van der Waals surface area contributed by atoms with Crippen molar-refractivity contribution in [3.05, 3.63) is 0 Å². The maximum Gasteiger partial charge on any atom is 0.227 e. The number of nitrogens with zero attached hydrogens (tertiary/aromatic N) is 2. The number of rotatable bonds is 3. The third kappa shape index (κ3) is 3.39. The quantitative estimate of drug-likeness (QED) is 0.797. The van der Waals surface area contributed by atoms with Gasteiger partial charge in [-0.15, -0.1) is 0 Å². The van der Waals surface area contributed by atoms with Gasteiger partial charge in [0.2, 0.25) is 11.8 Å². The van der Waals surface area contributed by atoms with Gasteiger partial charge >= 0.3 is 0 Å². The molecule has 0 aromatic carbocycles. The second-order valence-electron chi connectivity index (χ2n) is 7.89. The van der Waals surface area contributed by atoms with E-state index in [0.29, 0.717) is 32.1 Å². The molecule has 2 saturated heterocycles. The average molecular weight is 322 g/mol.